The lowest BCUT2D eigenvalue weighted by molar-refractivity contribution is 0.186. The third-order valence-electron chi connectivity index (χ3n) is 5.79. The van der Waals surface area contributed by atoms with Gasteiger partial charge in [-0.25, -0.2) is 4.98 Å². The first kappa shape index (κ1) is 19.3. The Morgan fingerprint density at radius 2 is 2.08 bits per heavy atom. The molecule has 1 aliphatic heterocycles. The van der Waals surface area contributed by atoms with Crippen molar-refractivity contribution in [2.24, 2.45) is 13.0 Å². The number of aliphatic hydroxyl groups is 1. The van der Waals surface area contributed by atoms with Gasteiger partial charge in [0, 0.05) is 24.2 Å². The number of fused-ring (bicyclic) bond motifs is 1. The van der Waals surface area contributed by atoms with Gasteiger partial charge in [-0.1, -0.05) is 40.5 Å². The number of rotatable bonds is 4. The van der Waals surface area contributed by atoms with Crippen molar-refractivity contribution < 1.29 is 5.11 Å². The van der Waals surface area contributed by atoms with Gasteiger partial charge in [0.15, 0.2) is 5.65 Å². The second-order valence-corrected chi connectivity index (χ2v) is 8.83. The zero-order valence-electron chi connectivity index (χ0n) is 16.9. The molecular weight excluding hydrogens is 324 g/mol. The van der Waals surface area contributed by atoms with E-state index in [1.807, 2.05) is 6.20 Å². The molecule has 2 aromatic heterocycles. The molecule has 3 heterocycles. The van der Waals surface area contributed by atoms with Crippen LogP contribution in [0.1, 0.15) is 77.2 Å². The SMILES string of the molecule is CCC[C@@H]1CCCC(c2cnc3cc(C(C)(C)C)n(C)c3n2)N[C@H]1CO. The Balaban J connectivity index is 1.91. The fourth-order valence-corrected chi connectivity index (χ4v) is 4.39. The van der Waals surface area contributed by atoms with E-state index in [1.165, 1.54) is 25.0 Å². The van der Waals surface area contributed by atoms with Crippen LogP contribution < -0.4 is 5.32 Å². The van der Waals surface area contributed by atoms with Crippen LogP contribution in [0.15, 0.2) is 12.3 Å². The Kier molecular flexibility index (Phi) is 5.68. The Morgan fingerprint density at radius 3 is 2.73 bits per heavy atom. The largest absolute Gasteiger partial charge is 0.395 e. The molecule has 5 heteroatoms. The number of aromatic nitrogens is 3. The van der Waals surface area contributed by atoms with Crippen molar-refractivity contribution in [2.45, 2.75) is 77.3 Å². The second-order valence-electron chi connectivity index (χ2n) is 8.83. The zero-order chi connectivity index (χ0) is 18.9. The maximum atomic E-state index is 9.88. The van der Waals surface area contributed by atoms with Crippen LogP contribution in [-0.4, -0.2) is 32.3 Å². The number of hydrogen-bond donors (Lipinski definition) is 2. The van der Waals surface area contributed by atoms with E-state index in [-0.39, 0.29) is 24.1 Å². The van der Waals surface area contributed by atoms with Gasteiger partial charge in [0.25, 0.3) is 0 Å². The molecule has 1 unspecified atom stereocenters. The van der Waals surface area contributed by atoms with E-state index in [2.05, 4.69) is 50.7 Å². The van der Waals surface area contributed by atoms with Crippen molar-refractivity contribution in [1.82, 2.24) is 19.9 Å². The maximum absolute atomic E-state index is 9.88. The summed E-state index contributed by atoms with van der Waals surface area (Å²) in [6.07, 6.45) is 7.64. The predicted octanol–water partition coefficient (Wildman–Crippen LogP) is 3.86. The molecule has 2 aromatic rings. The van der Waals surface area contributed by atoms with E-state index >= 15 is 0 Å². The third-order valence-corrected chi connectivity index (χ3v) is 5.79. The lowest BCUT2D eigenvalue weighted by atomic mass is 9.91. The van der Waals surface area contributed by atoms with Crippen LogP contribution in [-0.2, 0) is 12.5 Å². The Hall–Kier alpha value is -1.46. The maximum Gasteiger partial charge on any atom is 0.158 e. The molecule has 0 amide bonds. The molecule has 1 saturated heterocycles. The van der Waals surface area contributed by atoms with Crippen molar-refractivity contribution in [3.8, 4) is 0 Å². The molecule has 3 atom stereocenters. The molecule has 1 fully saturated rings. The van der Waals surface area contributed by atoms with Crippen LogP contribution in [0, 0.1) is 5.92 Å². The third kappa shape index (κ3) is 3.79. The van der Waals surface area contributed by atoms with Crippen LogP contribution >= 0.6 is 0 Å². The molecule has 0 aromatic carbocycles. The number of aryl methyl sites for hydroxylation is 1. The van der Waals surface area contributed by atoms with E-state index in [0.29, 0.717) is 5.92 Å². The van der Waals surface area contributed by atoms with Gasteiger partial charge >= 0.3 is 0 Å². The average Bonchev–Trinajstić information content (AvgIpc) is 2.80. The summed E-state index contributed by atoms with van der Waals surface area (Å²) in [5.74, 6) is 0.550. The molecular formula is C21H34N4O. The molecule has 5 nitrogen and oxygen atoms in total. The summed E-state index contributed by atoms with van der Waals surface area (Å²) in [4.78, 5) is 9.67. The van der Waals surface area contributed by atoms with Gasteiger partial charge in [-0.2, -0.15) is 0 Å². The van der Waals surface area contributed by atoms with E-state index in [4.69, 9.17) is 9.97 Å². The van der Waals surface area contributed by atoms with Crippen molar-refractivity contribution in [3.05, 3.63) is 23.7 Å². The highest BCUT2D eigenvalue weighted by atomic mass is 16.3. The summed E-state index contributed by atoms with van der Waals surface area (Å²) in [7, 11) is 2.08. The quantitative estimate of drug-likeness (QED) is 0.871. The molecule has 0 radical (unpaired) electrons. The zero-order valence-corrected chi connectivity index (χ0v) is 16.9. The van der Waals surface area contributed by atoms with E-state index in [0.717, 1.165) is 29.7 Å². The predicted molar refractivity (Wildman–Crippen MR) is 106 cm³/mol. The number of nitrogens with one attached hydrogen (secondary N) is 1. The highest BCUT2D eigenvalue weighted by Gasteiger charge is 2.29. The van der Waals surface area contributed by atoms with Gasteiger partial charge in [-0.05, 0) is 31.2 Å². The highest BCUT2D eigenvalue weighted by Crippen LogP contribution is 2.31. The molecule has 2 N–H and O–H groups in total. The molecule has 3 rings (SSSR count). The number of nitrogens with zero attached hydrogens (tertiary/aromatic N) is 3. The minimum atomic E-state index is 0.0627. The van der Waals surface area contributed by atoms with Crippen LogP contribution in [0.3, 0.4) is 0 Å². The first-order chi connectivity index (χ1) is 12.3. The fraction of sp³-hybridized carbons (Fsp3) is 0.714. The first-order valence-electron chi connectivity index (χ1n) is 10.0. The van der Waals surface area contributed by atoms with Crippen LogP contribution in [0.5, 0.6) is 0 Å². The summed E-state index contributed by atoms with van der Waals surface area (Å²) in [6, 6.07) is 2.47. The van der Waals surface area contributed by atoms with E-state index < -0.39 is 0 Å². The summed E-state index contributed by atoms with van der Waals surface area (Å²) in [6.45, 7) is 9.06. The Bertz CT molecular complexity index is 746. The lowest BCUT2D eigenvalue weighted by Gasteiger charge is -2.26. The molecule has 0 spiro atoms. The molecule has 0 saturated carbocycles. The summed E-state index contributed by atoms with van der Waals surface area (Å²) in [5, 5.41) is 13.6. The number of hydrogen-bond acceptors (Lipinski definition) is 4. The summed E-state index contributed by atoms with van der Waals surface area (Å²) < 4.78 is 2.17. The van der Waals surface area contributed by atoms with Gasteiger partial charge in [0.2, 0.25) is 0 Å². The van der Waals surface area contributed by atoms with Crippen LogP contribution in [0.25, 0.3) is 11.2 Å². The standard InChI is InChI=1S/C21H34N4O/c1-6-8-14-9-7-10-15(23-18(14)13-26)17-12-22-16-11-19(21(2,3)4)25(5)20(16)24-17/h11-12,14-15,18,23,26H,6-10,13H2,1-5H3/t14-,15?,18+/m1/s1. The Labute approximate surface area is 157 Å². The smallest absolute Gasteiger partial charge is 0.158 e. The summed E-state index contributed by atoms with van der Waals surface area (Å²) in [5.41, 5.74) is 4.21. The topological polar surface area (TPSA) is 63.0 Å². The molecule has 144 valence electrons. The monoisotopic (exact) mass is 358 g/mol. The van der Waals surface area contributed by atoms with Gasteiger partial charge in [-0.15, -0.1) is 0 Å². The second kappa shape index (κ2) is 7.65. The van der Waals surface area contributed by atoms with E-state index in [9.17, 15) is 5.11 Å². The summed E-state index contributed by atoms with van der Waals surface area (Å²) >= 11 is 0. The minimum absolute atomic E-state index is 0.0627. The fourth-order valence-electron chi connectivity index (χ4n) is 4.39. The molecule has 0 bridgehead atoms. The molecule has 1 aliphatic rings. The van der Waals surface area contributed by atoms with Crippen molar-refractivity contribution in [3.63, 3.8) is 0 Å². The van der Waals surface area contributed by atoms with Crippen LogP contribution in [0.4, 0.5) is 0 Å². The van der Waals surface area contributed by atoms with Gasteiger partial charge < -0.3 is 15.0 Å². The minimum Gasteiger partial charge on any atom is -0.395 e. The molecule has 0 aliphatic carbocycles. The first-order valence-corrected chi connectivity index (χ1v) is 10.0. The normalized spacial score (nSPS) is 24.8. The average molecular weight is 359 g/mol. The van der Waals surface area contributed by atoms with Gasteiger partial charge in [0.05, 0.1) is 24.5 Å². The van der Waals surface area contributed by atoms with Crippen molar-refractivity contribution in [2.75, 3.05) is 6.61 Å². The van der Waals surface area contributed by atoms with Gasteiger partial charge in [0.1, 0.15) is 5.52 Å². The Morgan fingerprint density at radius 1 is 1.31 bits per heavy atom. The lowest BCUT2D eigenvalue weighted by Crippen LogP contribution is -2.40. The van der Waals surface area contributed by atoms with Crippen LogP contribution in [0.2, 0.25) is 0 Å². The van der Waals surface area contributed by atoms with Crippen molar-refractivity contribution >= 4 is 11.2 Å². The highest BCUT2D eigenvalue weighted by molar-refractivity contribution is 5.73. The van der Waals surface area contributed by atoms with E-state index in [1.54, 1.807) is 0 Å². The van der Waals surface area contributed by atoms with Gasteiger partial charge in [-0.3, -0.25) is 4.98 Å². The number of aliphatic hydroxyl groups excluding tert-OH is 1. The van der Waals surface area contributed by atoms with Crippen molar-refractivity contribution in [1.29, 1.82) is 0 Å². The molecule has 26 heavy (non-hydrogen) atoms.